The minimum atomic E-state index is 0.860. The Hall–Kier alpha value is -3.30. The van der Waals surface area contributed by atoms with Crippen LogP contribution in [0.25, 0.3) is 22.3 Å². The van der Waals surface area contributed by atoms with Gasteiger partial charge in [0.15, 0.2) is 34.0 Å². The molecule has 0 saturated heterocycles. The highest BCUT2D eigenvalue weighted by Gasteiger charge is 2.12. The number of aromatic nitrogens is 8. The van der Waals surface area contributed by atoms with Gasteiger partial charge in [-0.2, -0.15) is 0 Å². The van der Waals surface area contributed by atoms with Crippen molar-refractivity contribution >= 4 is 34.0 Å². The summed E-state index contributed by atoms with van der Waals surface area (Å²) >= 11 is 0. The fraction of sp³-hybridized carbons (Fsp3) is 0.524. The summed E-state index contributed by atoms with van der Waals surface area (Å²) in [7, 11) is 7.89. The standard InChI is InChI=1S/C21H30N10/c1-28(2)18-16-20(24-12-22-18)30(14-26-16)10-8-6-5-7-9-11-31-15-27-17-19(29(3)4)23-13-25-21(17)31/h12-15H,5-11H2,1-4H3. The van der Waals surface area contributed by atoms with E-state index >= 15 is 0 Å². The van der Waals surface area contributed by atoms with Crippen LogP contribution in [0.4, 0.5) is 11.6 Å². The molecule has 0 spiro atoms. The largest absolute Gasteiger partial charge is 0.361 e. The molecule has 31 heavy (non-hydrogen) atoms. The Morgan fingerprint density at radius 1 is 0.581 bits per heavy atom. The predicted octanol–water partition coefficient (Wildman–Crippen LogP) is 2.75. The van der Waals surface area contributed by atoms with E-state index in [4.69, 9.17) is 0 Å². The number of imidazole rings is 2. The molecule has 0 saturated carbocycles. The van der Waals surface area contributed by atoms with Crippen LogP contribution in [0.2, 0.25) is 0 Å². The third-order valence-electron chi connectivity index (χ3n) is 5.41. The molecule has 0 aliphatic carbocycles. The molecule has 10 heteroatoms. The zero-order valence-electron chi connectivity index (χ0n) is 18.7. The second-order valence-electron chi connectivity index (χ2n) is 8.17. The van der Waals surface area contributed by atoms with Crippen LogP contribution in [-0.2, 0) is 13.1 Å². The minimum absolute atomic E-state index is 0.860. The number of hydrogen-bond donors (Lipinski definition) is 0. The van der Waals surface area contributed by atoms with Crippen molar-refractivity contribution in [1.82, 2.24) is 39.0 Å². The highest BCUT2D eigenvalue weighted by molar-refractivity contribution is 5.83. The Bertz CT molecular complexity index is 1050. The molecule has 0 atom stereocenters. The van der Waals surface area contributed by atoms with Gasteiger partial charge in [-0.15, -0.1) is 0 Å². The highest BCUT2D eigenvalue weighted by Crippen LogP contribution is 2.21. The van der Waals surface area contributed by atoms with Crippen molar-refractivity contribution in [3.63, 3.8) is 0 Å². The normalized spacial score (nSPS) is 11.5. The van der Waals surface area contributed by atoms with Crippen LogP contribution in [-0.4, -0.2) is 67.2 Å². The molecule has 0 amide bonds. The minimum Gasteiger partial charge on any atom is -0.361 e. The lowest BCUT2D eigenvalue weighted by molar-refractivity contribution is 0.540. The van der Waals surface area contributed by atoms with E-state index in [1.54, 1.807) is 12.7 Å². The van der Waals surface area contributed by atoms with E-state index in [1.165, 1.54) is 19.3 Å². The molecular weight excluding hydrogens is 392 g/mol. The molecule has 10 nitrogen and oxygen atoms in total. The first-order valence-electron chi connectivity index (χ1n) is 10.7. The smallest absolute Gasteiger partial charge is 0.165 e. The van der Waals surface area contributed by atoms with E-state index in [1.807, 2.05) is 50.6 Å². The number of fused-ring (bicyclic) bond motifs is 2. The number of aryl methyl sites for hydroxylation is 2. The zero-order chi connectivity index (χ0) is 21.8. The molecule has 4 aromatic heterocycles. The third kappa shape index (κ3) is 4.42. The maximum atomic E-state index is 4.51. The van der Waals surface area contributed by atoms with Crippen molar-refractivity contribution in [3.05, 3.63) is 25.3 Å². The average molecular weight is 423 g/mol. The summed E-state index contributed by atoms with van der Waals surface area (Å²) in [5.41, 5.74) is 3.54. The van der Waals surface area contributed by atoms with Crippen LogP contribution in [0, 0.1) is 0 Å². The highest BCUT2D eigenvalue weighted by atomic mass is 15.2. The summed E-state index contributed by atoms with van der Waals surface area (Å²) < 4.78 is 4.26. The van der Waals surface area contributed by atoms with E-state index in [0.29, 0.717) is 0 Å². The number of nitrogens with zero attached hydrogens (tertiary/aromatic N) is 10. The second-order valence-corrected chi connectivity index (χ2v) is 8.17. The van der Waals surface area contributed by atoms with Crippen molar-refractivity contribution < 1.29 is 0 Å². The summed E-state index contributed by atoms with van der Waals surface area (Å²) in [5.74, 6) is 1.72. The van der Waals surface area contributed by atoms with Crippen LogP contribution in [0.5, 0.6) is 0 Å². The van der Waals surface area contributed by atoms with E-state index < -0.39 is 0 Å². The quantitative estimate of drug-likeness (QED) is 0.360. The summed E-state index contributed by atoms with van der Waals surface area (Å²) in [6.45, 7) is 1.85. The Kier molecular flexibility index (Phi) is 6.24. The number of rotatable bonds is 10. The van der Waals surface area contributed by atoms with Gasteiger partial charge < -0.3 is 18.9 Å². The first-order chi connectivity index (χ1) is 15.1. The number of unbranched alkanes of at least 4 members (excludes halogenated alkanes) is 4. The van der Waals surface area contributed by atoms with Gasteiger partial charge in [-0.1, -0.05) is 19.3 Å². The van der Waals surface area contributed by atoms with Crippen molar-refractivity contribution in [2.24, 2.45) is 0 Å². The monoisotopic (exact) mass is 422 g/mol. The first kappa shape index (κ1) is 21.0. The summed E-state index contributed by atoms with van der Waals surface area (Å²) in [6.07, 6.45) is 12.8. The van der Waals surface area contributed by atoms with Crippen LogP contribution in [0.15, 0.2) is 25.3 Å². The van der Waals surface area contributed by atoms with Crippen molar-refractivity contribution in [3.8, 4) is 0 Å². The van der Waals surface area contributed by atoms with E-state index in [-0.39, 0.29) is 0 Å². The third-order valence-corrected chi connectivity index (χ3v) is 5.41. The van der Waals surface area contributed by atoms with E-state index in [9.17, 15) is 0 Å². The Balaban J connectivity index is 1.23. The predicted molar refractivity (Wildman–Crippen MR) is 122 cm³/mol. The molecular formula is C21H30N10. The first-order valence-corrected chi connectivity index (χ1v) is 10.7. The molecule has 0 bridgehead atoms. The molecule has 4 rings (SSSR count). The second kappa shape index (κ2) is 9.23. The van der Waals surface area contributed by atoms with Gasteiger partial charge in [-0.25, -0.2) is 29.9 Å². The molecule has 4 aromatic rings. The Morgan fingerprint density at radius 2 is 1.00 bits per heavy atom. The zero-order valence-corrected chi connectivity index (χ0v) is 18.7. The molecule has 0 radical (unpaired) electrons. The van der Waals surface area contributed by atoms with E-state index in [2.05, 4.69) is 39.0 Å². The maximum Gasteiger partial charge on any atom is 0.165 e. The molecule has 164 valence electrons. The van der Waals surface area contributed by atoms with Gasteiger partial charge in [0.1, 0.15) is 12.7 Å². The Morgan fingerprint density at radius 3 is 1.42 bits per heavy atom. The summed E-state index contributed by atoms with van der Waals surface area (Å²) in [4.78, 5) is 30.5. The van der Waals surface area contributed by atoms with Gasteiger partial charge in [0.25, 0.3) is 0 Å². The molecule has 0 aliphatic rings. The summed E-state index contributed by atoms with van der Waals surface area (Å²) in [5, 5.41) is 0. The van der Waals surface area contributed by atoms with Gasteiger partial charge in [0, 0.05) is 41.3 Å². The SMILES string of the molecule is CN(C)c1ncnc2c1ncn2CCCCCCCn1cnc2c(N(C)C)ncnc21. The fourth-order valence-corrected chi connectivity index (χ4v) is 3.81. The summed E-state index contributed by atoms with van der Waals surface area (Å²) in [6, 6.07) is 0. The molecule has 0 N–H and O–H groups in total. The van der Waals surface area contributed by atoms with Gasteiger partial charge in [-0.3, -0.25) is 0 Å². The van der Waals surface area contributed by atoms with Crippen LogP contribution >= 0.6 is 0 Å². The fourth-order valence-electron chi connectivity index (χ4n) is 3.81. The molecule has 0 aliphatic heterocycles. The van der Waals surface area contributed by atoms with Crippen molar-refractivity contribution in [2.75, 3.05) is 38.0 Å². The lowest BCUT2D eigenvalue weighted by atomic mass is 10.1. The number of anilines is 2. The maximum absolute atomic E-state index is 4.51. The lowest BCUT2D eigenvalue weighted by Crippen LogP contribution is -2.11. The molecule has 0 fully saturated rings. The molecule has 0 aromatic carbocycles. The van der Waals surface area contributed by atoms with E-state index in [0.717, 1.165) is 59.9 Å². The average Bonchev–Trinajstić information content (AvgIpc) is 3.36. The van der Waals surface area contributed by atoms with Crippen molar-refractivity contribution in [2.45, 2.75) is 45.2 Å². The van der Waals surface area contributed by atoms with Gasteiger partial charge in [0.05, 0.1) is 12.7 Å². The lowest BCUT2D eigenvalue weighted by Gasteiger charge is -2.11. The van der Waals surface area contributed by atoms with Gasteiger partial charge in [-0.05, 0) is 12.8 Å². The number of hydrogen-bond acceptors (Lipinski definition) is 8. The van der Waals surface area contributed by atoms with Crippen LogP contribution < -0.4 is 9.80 Å². The Labute approximate surface area is 182 Å². The molecule has 0 unspecified atom stereocenters. The topological polar surface area (TPSA) is 93.7 Å². The van der Waals surface area contributed by atoms with Crippen molar-refractivity contribution in [1.29, 1.82) is 0 Å². The van der Waals surface area contributed by atoms with Crippen LogP contribution in [0.1, 0.15) is 32.1 Å². The molecule has 4 heterocycles. The van der Waals surface area contributed by atoms with Crippen LogP contribution in [0.3, 0.4) is 0 Å². The van der Waals surface area contributed by atoms with Gasteiger partial charge >= 0.3 is 0 Å². The van der Waals surface area contributed by atoms with Gasteiger partial charge in [0.2, 0.25) is 0 Å².